The van der Waals surface area contributed by atoms with Crippen LogP contribution in [0, 0.1) is 6.92 Å². The third kappa shape index (κ3) is 4.17. The Kier molecular flexibility index (Phi) is 6.50. The van der Waals surface area contributed by atoms with Crippen molar-refractivity contribution in [1.29, 1.82) is 0 Å². The van der Waals surface area contributed by atoms with Crippen LogP contribution in [0.1, 0.15) is 56.9 Å². The minimum Gasteiger partial charge on any atom is -0.504 e. The SMILES string of the molecule is CCOC(=O)c1sc(N2C(=O)c3oc4ccc(Br)cc4c(=O)c3C2c2ccc(O)c(OCC)c2)nc1C. The first-order chi connectivity index (χ1) is 17.7. The molecule has 190 valence electrons. The zero-order valence-electron chi connectivity index (χ0n) is 20.0. The molecule has 3 heterocycles. The molecular formula is C26H21BrN2O7S. The maximum atomic E-state index is 13.8. The molecule has 0 bridgehead atoms. The number of esters is 1. The average Bonchev–Trinajstić information content (AvgIpc) is 3.39. The van der Waals surface area contributed by atoms with Crippen molar-refractivity contribution < 1.29 is 28.6 Å². The van der Waals surface area contributed by atoms with Crippen LogP contribution in [-0.4, -0.2) is 35.2 Å². The van der Waals surface area contributed by atoms with Gasteiger partial charge in [-0.15, -0.1) is 0 Å². The van der Waals surface area contributed by atoms with Crippen molar-refractivity contribution in [3.63, 3.8) is 0 Å². The van der Waals surface area contributed by atoms with Gasteiger partial charge in [0.25, 0.3) is 5.91 Å². The summed E-state index contributed by atoms with van der Waals surface area (Å²) in [4.78, 5) is 46.1. The fourth-order valence-electron chi connectivity index (χ4n) is 4.30. The zero-order valence-corrected chi connectivity index (χ0v) is 22.4. The first-order valence-electron chi connectivity index (χ1n) is 11.4. The molecular weight excluding hydrogens is 564 g/mol. The van der Waals surface area contributed by atoms with Gasteiger partial charge < -0.3 is 19.0 Å². The lowest BCUT2D eigenvalue weighted by Gasteiger charge is -2.23. The second-order valence-electron chi connectivity index (χ2n) is 8.18. The number of fused-ring (bicyclic) bond motifs is 2. The van der Waals surface area contributed by atoms with E-state index < -0.39 is 17.9 Å². The quantitative estimate of drug-likeness (QED) is 0.301. The molecule has 0 aliphatic carbocycles. The molecule has 0 fully saturated rings. The third-order valence-electron chi connectivity index (χ3n) is 5.88. The number of halogens is 1. The first kappa shape index (κ1) is 25.0. The number of hydrogen-bond acceptors (Lipinski definition) is 9. The van der Waals surface area contributed by atoms with Crippen LogP contribution in [0.2, 0.25) is 0 Å². The van der Waals surface area contributed by atoms with E-state index in [-0.39, 0.29) is 50.5 Å². The Balaban J connectivity index is 1.76. The monoisotopic (exact) mass is 584 g/mol. The number of nitrogens with zero attached hydrogens (tertiary/aromatic N) is 2. The molecule has 1 aliphatic rings. The highest BCUT2D eigenvalue weighted by molar-refractivity contribution is 9.10. The van der Waals surface area contributed by atoms with Gasteiger partial charge >= 0.3 is 5.97 Å². The van der Waals surface area contributed by atoms with Crippen molar-refractivity contribution in [2.24, 2.45) is 0 Å². The van der Waals surface area contributed by atoms with Gasteiger partial charge in [0, 0.05) is 4.47 Å². The lowest BCUT2D eigenvalue weighted by atomic mass is 9.98. The van der Waals surface area contributed by atoms with Crippen molar-refractivity contribution in [1.82, 2.24) is 4.98 Å². The van der Waals surface area contributed by atoms with E-state index in [1.54, 1.807) is 51.1 Å². The second-order valence-corrected chi connectivity index (χ2v) is 10.1. The molecule has 5 rings (SSSR count). The van der Waals surface area contributed by atoms with Crippen LogP contribution in [0.4, 0.5) is 5.13 Å². The van der Waals surface area contributed by atoms with E-state index in [1.165, 1.54) is 11.0 Å². The van der Waals surface area contributed by atoms with Crippen LogP contribution in [0.25, 0.3) is 11.0 Å². The number of carbonyl (C=O) groups excluding carboxylic acids is 2. The number of ether oxygens (including phenoxy) is 2. The summed E-state index contributed by atoms with van der Waals surface area (Å²) in [5.74, 6) is -1.10. The minimum atomic E-state index is -0.942. The second kappa shape index (κ2) is 9.64. The predicted molar refractivity (Wildman–Crippen MR) is 141 cm³/mol. The Bertz CT molecular complexity index is 1630. The van der Waals surface area contributed by atoms with E-state index in [4.69, 9.17) is 13.9 Å². The molecule has 1 aliphatic heterocycles. The van der Waals surface area contributed by atoms with Crippen molar-refractivity contribution in [2.45, 2.75) is 26.8 Å². The number of carbonyl (C=O) groups is 2. The number of benzene rings is 2. The number of anilines is 1. The van der Waals surface area contributed by atoms with Gasteiger partial charge in [-0.3, -0.25) is 14.5 Å². The zero-order chi connectivity index (χ0) is 26.4. The molecule has 0 saturated carbocycles. The fraction of sp³-hybridized carbons (Fsp3) is 0.231. The van der Waals surface area contributed by atoms with E-state index >= 15 is 0 Å². The van der Waals surface area contributed by atoms with E-state index in [0.717, 1.165) is 11.3 Å². The highest BCUT2D eigenvalue weighted by Crippen LogP contribution is 2.44. The maximum absolute atomic E-state index is 13.8. The summed E-state index contributed by atoms with van der Waals surface area (Å²) in [6.07, 6.45) is 0. The molecule has 1 N–H and O–H groups in total. The maximum Gasteiger partial charge on any atom is 0.350 e. The highest BCUT2D eigenvalue weighted by atomic mass is 79.9. The first-order valence-corrected chi connectivity index (χ1v) is 13.1. The minimum absolute atomic E-state index is 0.0779. The number of amides is 1. The van der Waals surface area contributed by atoms with E-state index in [0.29, 0.717) is 27.7 Å². The average molecular weight is 585 g/mol. The Morgan fingerprint density at radius 2 is 1.97 bits per heavy atom. The number of thiazole rings is 1. The Morgan fingerprint density at radius 3 is 2.70 bits per heavy atom. The number of aryl methyl sites for hydroxylation is 1. The molecule has 37 heavy (non-hydrogen) atoms. The van der Waals surface area contributed by atoms with Crippen LogP contribution >= 0.6 is 27.3 Å². The number of phenolic OH excluding ortho intramolecular Hbond substituents is 1. The molecule has 0 spiro atoms. The molecule has 9 nitrogen and oxygen atoms in total. The molecule has 4 aromatic rings. The lowest BCUT2D eigenvalue weighted by Crippen LogP contribution is -2.29. The summed E-state index contributed by atoms with van der Waals surface area (Å²) in [7, 11) is 0. The van der Waals surface area contributed by atoms with Crippen molar-refractivity contribution >= 4 is 55.2 Å². The van der Waals surface area contributed by atoms with Crippen molar-refractivity contribution in [3.05, 3.63) is 78.6 Å². The molecule has 2 aromatic carbocycles. The van der Waals surface area contributed by atoms with Gasteiger partial charge in [0.1, 0.15) is 10.5 Å². The normalized spacial score (nSPS) is 14.8. The standard InChI is InChI=1S/C26H21BrN2O7S/c1-4-34-18-10-13(6-8-16(18)30)20-19-21(31)15-11-14(27)7-9-17(15)36-22(19)24(32)29(20)26-28-12(3)23(37-26)25(33)35-5-2/h6-11,20,30H,4-5H2,1-3H3. The van der Waals surface area contributed by atoms with Gasteiger partial charge in [0.05, 0.1) is 35.9 Å². The van der Waals surface area contributed by atoms with Gasteiger partial charge in [-0.2, -0.15) is 0 Å². The highest BCUT2D eigenvalue weighted by Gasteiger charge is 2.45. The number of aromatic nitrogens is 1. The third-order valence-corrected chi connectivity index (χ3v) is 7.51. The summed E-state index contributed by atoms with van der Waals surface area (Å²) in [5, 5.41) is 10.8. The molecule has 1 atom stereocenters. The van der Waals surface area contributed by atoms with E-state index in [1.807, 2.05) is 0 Å². The molecule has 2 aromatic heterocycles. The van der Waals surface area contributed by atoms with Crippen LogP contribution in [-0.2, 0) is 4.74 Å². The number of phenols is 1. The Morgan fingerprint density at radius 1 is 1.19 bits per heavy atom. The molecule has 0 saturated heterocycles. The smallest absolute Gasteiger partial charge is 0.350 e. The van der Waals surface area contributed by atoms with Crippen LogP contribution < -0.4 is 15.1 Å². The largest absolute Gasteiger partial charge is 0.504 e. The summed E-state index contributed by atoms with van der Waals surface area (Å²) in [5.41, 5.74) is 0.928. The van der Waals surface area contributed by atoms with Crippen molar-refractivity contribution in [2.75, 3.05) is 18.1 Å². The number of aromatic hydroxyl groups is 1. The summed E-state index contributed by atoms with van der Waals surface area (Å²) < 4.78 is 17.3. The predicted octanol–water partition coefficient (Wildman–Crippen LogP) is 5.35. The summed E-state index contributed by atoms with van der Waals surface area (Å²) >= 11 is 4.38. The van der Waals surface area contributed by atoms with Gasteiger partial charge in [0.15, 0.2) is 22.1 Å². The van der Waals surface area contributed by atoms with E-state index in [2.05, 4.69) is 20.9 Å². The fourth-order valence-corrected chi connectivity index (χ4v) is 5.65. The Hall–Kier alpha value is -3.70. The molecule has 0 radical (unpaired) electrons. The lowest BCUT2D eigenvalue weighted by molar-refractivity contribution is 0.0531. The number of rotatable bonds is 6. The summed E-state index contributed by atoms with van der Waals surface area (Å²) in [6, 6.07) is 8.66. The van der Waals surface area contributed by atoms with Gasteiger partial charge in [-0.05, 0) is 56.7 Å². The molecule has 1 amide bonds. The molecule has 11 heteroatoms. The van der Waals surface area contributed by atoms with Crippen LogP contribution in [0.5, 0.6) is 11.5 Å². The summed E-state index contributed by atoms with van der Waals surface area (Å²) in [6.45, 7) is 5.62. The molecule has 1 unspecified atom stereocenters. The van der Waals surface area contributed by atoms with Gasteiger partial charge in [0.2, 0.25) is 5.76 Å². The van der Waals surface area contributed by atoms with Crippen LogP contribution in [0.3, 0.4) is 0 Å². The van der Waals surface area contributed by atoms with Crippen molar-refractivity contribution in [3.8, 4) is 11.5 Å². The van der Waals surface area contributed by atoms with Gasteiger partial charge in [-0.1, -0.05) is 33.3 Å². The Labute approximate surface area is 223 Å². The van der Waals surface area contributed by atoms with Gasteiger partial charge in [-0.25, -0.2) is 9.78 Å². The van der Waals surface area contributed by atoms with Crippen LogP contribution in [0.15, 0.2) is 50.1 Å². The topological polar surface area (TPSA) is 119 Å². The number of hydrogen-bond donors (Lipinski definition) is 1. The van der Waals surface area contributed by atoms with E-state index in [9.17, 15) is 19.5 Å².